The van der Waals surface area contributed by atoms with E-state index in [0.717, 1.165) is 0 Å². The fraction of sp³-hybridized carbons (Fsp3) is 0.522. The number of ether oxygens (including phenoxy) is 2. The number of nitrogens with one attached hydrogen (secondary N) is 1. The number of esters is 2. The summed E-state index contributed by atoms with van der Waals surface area (Å²) >= 11 is 0. The number of hydrogen-bond donors (Lipinski definition) is 1. The summed E-state index contributed by atoms with van der Waals surface area (Å²) in [4.78, 5) is 39.0. The van der Waals surface area contributed by atoms with Crippen molar-refractivity contribution in [2.75, 3.05) is 7.11 Å². The summed E-state index contributed by atoms with van der Waals surface area (Å²) < 4.78 is 16.3. The lowest BCUT2D eigenvalue weighted by Gasteiger charge is -2.37. The van der Waals surface area contributed by atoms with Crippen LogP contribution in [0.5, 0.6) is 0 Å². The maximum absolute atomic E-state index is 13.5. The minimum absolute atomic E-state index is 0.225. The monoisotopic (exact) mass is 415 g/mol. The van der Waals surface area contributed by atoms with Gasteiger partial charge < -0.3 is 19.2 Å². The van der Waals surface area contributed by atoms with Crippen molar-refractivity contribution in [3.05, 3.63) is 46.2 Å². The average Bonchev–Trinajstić information content (AvgIpc) is 3.12. The van der Waals surface area contributed by atoms with Crippen molar-refractivity contribution in [2.45, 2.75) is 59.5 Å². The molecule has 2 aliphatic rings. The molecule has 0 saturated carbocycles. The molecule has 2 heterocycles. The van der Waals surface area contributed by atoms with Crippen LogP contribution in [0.25, 0.3) is 0 Å². The largest absolute Gasteiger partial charge is 0.468 e. The summed E-state index contributed by atoms with van der Waals surface area (Å²) in [5.41, 5.74) is 2.04. The first-order valence-electron chi connectivity index (χ1n) is 10.3. The van der Waals surface area contributed by atoms with Crippen molar-refractivity contribution in [1.29, 1.82) is 0 Å². The molecule has 3 rings (SSSR count). The second kappa shape index (κ2) is 8.50. The van der Waals surface area contributed by atoms with Crippen LogP contribution in [0.15, 0.2) is 39.1 Å². The van der Waals surface area contributed by atoms with E-state index >= 15 is 0 Å². The lowest BCUT2D eigenvalue weighted by molar-refractivity contribution is -0.151. The lowest BCUT2D eigenvalue weighted by atomic mass is 9.70. The molecule has 0 fully saturated rings. The number of aryl methyl sites for hydroxylation is 1. The van der Waals surface area contributed by atoms with Gasteiger partial charge in [-0.2, -0.15) is 0 Å². The van der Waals surface area contributed by atoms with Crippen molar-refractivity contribution < 1.29 is 28.3 Å². The van der Waals surface area contributed by atoms with Gasteiger partial charge in [-0.25, -0.2) is 4.79 Å². The Bertz CT molecular complexity index is 937. The highest BCUT2D eigenvalue weighted by atomic mass is 16.5. The van der Waals surface area contributed by atoms with E-state index in [2.05, 4.69) is 5.32 Å². The van der Waals surface area contributed by atoms with Gasteiger partial charge in [-0.1, -0.05) is 13.8 Å². The minimum atomic E-state index is -0.917. The van der Waals surface area contributed by atoms with Crippen LogP contribution in [0.1, 0.15) is 58.0 Å². The van der Waals surface area contributed by atoms with Gasteiger partial charge in [-0.3, -0.25) is 9.59 Å². The zero-order valence-corrected chi connectivity index (χ0v) is 18.3. The summed E-state index contributed by atoms with van der Waals surface area (Å²) in [7, 11) is 1.28. The highest BCUT2D eigenvalue weighted by molar-refractivity contribution is 6.12. The summed E-state index contributed by atoms with van der Waals surface area (Å²) in [6, 6.07) is 3.55. The zero-order chi connectivity index (χ0) is 22.2. The number of rotatable bonds is 5. The van der Waals surface area contributed by atoms with Crippen LogP contribution in [-0.2, 0) is 23.9 Å². The Morgan fingerprint density at radius 3 is 2.57 bits per heavy atom. The molecular formula is C23H29NO6. The molecule has 0 unspecified atom stereocenters. The highest BCUT2D eigenvalue weighted by Crippen LogP contribution is 2.45. The first-order chi connectivity index (χ1) is 14.2. The van der Waals surface area contributed by atoms with Gasteiger partial charge in [-0.15, -0.1) is 0 Å². The van der Waals surface area contributed by atoms with Crippen molar-refractivity contribution in [1.82, 2.24) is 5.32 Å². The second-order valence-electron chi connectivity index (χ2n) is 8.11. The van der Waals surface area contributed by atoms with E-state index in [9.17, 15) is 14.4 Å². The third-order valence-corrected chi connectivity index (χ3v) is 5.89. The van der Waals surface area contributed by atoms with Crippen molar-refractivity contribution >= 4 is 17.7 Å². The molecule has 0 spiro atoms. The Balaban J connectivity index is 2.13. The number of dihydropyridines is 1. The molecule has 30 heavy (non-hydrogen) atoms. The number of methoxy groups -OCH3 is 1. The fourth-order valence-electron chi connectivity index (χ4n) is 4.17. The van der Waals surface area contributed by atoms with E-state index < -0.39 is 23.8 Å². The van der Waals surface area contributed by atoms with Gasteiger partial charge in [-0.05, 0) is 51.7 Å². The summed E-state index contributed by atoms with van der Waals surface area (Å²) in [6.45, 7) is 9.19. The maximum atomic E-state index is 13.5. The van der Waals surface area contributed by atoms with Gasteiger partial charge in [0, 0.05) is 17.0 Å². The highest BCUT2D eigenvalue weighted by Gasteiger charge is 2.48. The molecule has 1 aromatic rings. The van der Waals surface area contributed by atoms with Gasteiger partial charge in [0.2, 0.25) is 0 Å². The third kappa shape index (κ3) is 3.80. The van der Waals surface area contributed by atoms with E-state index in [-0.39, 0.29) is 17.8 Å². The number of ketones is 1. The Kier molecular flexibility index (Phi) is 6.19. The first-order valence-corrected chi connectivity index (χ1v) is 10.3. The molecule has 0 aromatic carbocycles. The molecule has 0 amide bonds. The molecular weight excluding hydrogens is 386 g/mol. The number of carbonyl (C=O) groups is 3. The normalized spacial score (nSPS) is 24.9. The van der Waals surface area contributed by atoms with Crippen LogP contribution in [0.4, 0.5) is 0 Å². The number of hydrogen-bond acceptors (Lipinski definition) is 7. The number of furan rings is 1. The Hall–Kier alpha value is -2.83. The summed E-state index contributed by atoms with van der Waals surface area (Å²) in [6.07, 6.45) is 0.893. The van der Waals surface area contributed by atoms with Crippen LogP contribution in [0, 0.1) is 18.8 Å². The van der Waals surface area contributed by atoms with Gasteiger partial charge in [0.25, 0.3) is 0 Å². The van der Waals surface area contributed by atoms with Gasteiger partial charge in [0.1, 0.15) is 17.4 Å². The molecule has 1 N–H and O–H groups in total. The van der Waals surface area contributed by atoms with E-state index in [4.69, 9.17) is 13.9 Å². The predicted molar refractivity (Wildman–Crippen MR) is 109 cm³/mol. The Morgan fingerprint density at radius 1 is 1.30 bits per heavy atom. The van der Waals surface area contributed by atoms with E-state index in [1.54, 1.807) is 26.0 Å². The number of allylic oxidation sites excluding steroid dienone is 3. The Labute approximate surface area is 176 Å². The molecule has 1 aliphatic carbocycles. The van der Waals surface area contributed by atoms with E-state index in [1.807, 2.05) is 20.8 Å². The Morgan fingerprint density at radius 2 is 2.00 bits per heavy atom. The van der Waals surface area contributed by atoms with Crippen molar-refractivity contribution in [3.63, 3.8) is 0 Å². The van der Waals surface area contributed by atoms with Crippen LogP contribution < -0.4 is 5.32 Å². The topological polar surface area (TPSA) is 94.8 Å². The van der Waals surface area contributed by atoms with Crippen LogP contribution >= 0.6 is 0 Å². The maximum Gasteiger partial charge on any atom is 0.337 e. The van der Waals surface area contributed by atoms with Gasteiger partial charge in [0.05, 0.1) is 24.7 Å². The van der Waals surface area contributed by atoms with Gasteiger partial charge >= 0.3 is 11.9 Å². The molecule has 4 atom stereocenters. The molecule has 0 bridgehead atoms. The standard InChI is InChI=1S/C23H29NO6/c1-7-12(3)30-23(27)18-14(5)24-15-10-11(2)17(22(26)28-6)21(25)19(15)20(18)16-9-8-13(4)29-16/h8-9,11-12,17,20,24H,7,10H2,1-6H3/t11-,12+,17-,20-/m1/s1. The quantitative estimate of drug-likeness (QED) is 0.580. The van der Waals surface area contributed by atoms with Crippen LogP contribution in [0.2, 0.25) is 0 Å². The number of Topliss-reactive ketones (excluding diaryl/α,β-unsaturated/α-hetero) is 1. The average molecular weight is 415 g/mol. The molecule has 0 saturated heterocycles. The summed E-state index contributed by atoms with van der Waals surface area (Å²) in [5.74, 6) is -2.15. The predicted octanol–water partition coefficient (Wildman–Crippen LogP) is 3.54. The zero-order valence-electron chi connectivity index (χ0n) is 18.3. The molecule has 1 aliphatic heterocycles. The molecule has 0 radical (unpaired) electrons. The second-order valence-corrected chi connectivity index (χ2v) is 8.11. The fourth-order valence-corrected chi connectivity index (χ4v) is 4.17. The molecule has 7 heteroatoms. The van der Waals surface area contributed by atoms with Gasteiger partial charge in [0.15, 0.2) is 5.78 Å². The van der Waals surface area contributed by atoms with Crippen LogP contribution in [-0.4, -0.2) is 30.9 Å². The SMILES string of the molecule is CC[C@H](C)OC(=O)C1=C(C)NC2=C(C(=O)[C@H](C(=O)OC)[C@H](C)C2)[C@@H]1c1ccc(C)o1. The third-order valence-electron chi connectivity index (χ3n) is 5.89. The first kappa shape index (κ1) is 21.9. The number of carbonyl (C=O) groups excluding carboxylic acids is 3. The van der Waals surface area contributed by atoms with E-state index in [0.29, 0.717) is 46.9 Å². The van der Waals surface area contributed by atoms with Crippen molar-refractivity contribution in [2.24, 2.45) is 11.8 Å². The molecule has 1 aromatic heterocycles. The minimum Gasteiger partial charge on any atom is -0.468 e. The lowest BCUT2D eigenvalue weighted by Crippen LogP contribution is -2.43. The summed E-state index contributed by atoms with van der Waals surface area (Å²) in [5, 5.41) is 3.23. The van der Waals surface area contributed by atoms with Crippen LogP contribution in [0.3, 0.4) is 0 Å². The molecule has 162 valence electrons. The van der Waals surface area contributed by atoms with E-state index in [1.165, 1.54) is 7.11 Å². The molecule has 7 nitrogen and oxygen atoms in total. The smallest absolute Gasteiger partial charge is 0.337 e. The van der Waals surface area contributed by atoms with Crippen molar-refractivity contribution in [3.8, 4) is 0 Å².